The van der Waals surface area contributed by atoms with Crippen LogP contribution in [-0.4, -0.2) is 35.8 Å². The van der Waals surface area contributed by atoms with Crippen molar-refractivity contribution in [3.05, 3.63) is 0 Å². The molecule has 1 unspecified atom stereocenters. The predicted molar refractivity (Wildman–Crippen MR) is 67.6 cm³/mol. The zero-order valence-electron chi connectivity index (χ0n) is 11.0. The lowest BCUT2D eigenvalue weighted by molar-refractivity contribution is -0.143. The van der Waals surface area contributed by atoms with Gasteiger partial charge in [-0.1, -0.05) is 6.92 Å². The summed E-state index contributed by atoms with van der Waals surface area (Å²) in [5.74, 6) is 0.0345. The summed E-state index contributed by atoms with van der Waals surface area (Å²) in [6, 6.07) is 0.456. The van der Waals surface area contributed by atoms with Gasteiger partial charge in [0.05, 0.1) is 0 Å². The molecular formula is C13H24N2O2. The van der Waals surface area contributed by atoms with Crippen molar-refractivity contribution < 1.29 is 9.59 Å². The Labute approximate surface area is 104 Å². The van der Waals surface area contributed by atoms with Crippen LogP contribution in [-0.2, 0) is 9.59 Å². The molecule has 0 aromatic heterocycles. The molecule has 17 heavy (non-hydrogen) atoms. The summed E-state index contributed by atoms with van der Waals surface area (Å²) in [6.07, 6.45) is 4.68. The Balaban J connectivity index is 2.32. The second kappa shape index (κ2) is 7.43. The summed E-state index contributed by atoms with van der Waals surface area (Å²) in [4.78, 5) is 24.9. The lowest BCUT2D eigenvalue weighted by Gasteiger charge is -2.20. The van der Waals surface area contributed by atoms with E-state index in [0.29, 0.717) is 25.4 Å². The van der Waals surface area contributed by atoms with Gasteiger partial charge in [-0.25, -0.2) is 0 Å². The number of nitrogens with zero attached hydrogens (tertiary/aromatic N) is 1. The van der Waals surface area contributed by atoms with Gasteiger partial charge in [-0.05, 0) is 39.2 Å². The molecule has 1 aliphatic heterocycles. The van der Waals surface area contributed by atoms with E-state index in [1.807, 2.05) is 0 Å². The monoisotopic (exact) mass is 240 g/mol. The fourth-order valence-electron chi connectivity index (χ4n) is 2.22. The molecule has 1 rings (SSSR count). The highest BCUT2D eigenvalue weighted by atomic mass is 16.2. The average molecular weight is 240 g/mol. The zero-order chi connectivity index (χ0) is 12.7. The second-order valence-electron chi connectivity index (χ2n) is 4.75. The Hall–Kier alpha value is -0.900. The van der Waals surface area contributed by atoms with E-state index in [2.05, 4.69) is 19.2 Å². The molecule has 0 bridgehead atoms. The zero-order valence-corrected chi connectivity index (χ0v) is 11.0. The molecular weight excluding hydrogens is 216 g/mol. The van der Waals surface area contributed by atoms with E-state index in [0.717, 1.165) is 32.2 Å². The first kappa shape index (κ1) is 14.2. The van der Waals surface area contributed by atoms with E-state index >= 15 is 0 Å². The predicted octanol–water partition coefficient (Wildman–Crippen LogP) is 1.69. The fraction of sp³-hybridized carbons (Fsp3) is 0.846. The van der Waals surface area contributed by atoms with Crippen LogP contribution in [0.1, 0.15) is 52.4 Å². The van der Waals surface area contributed by atoms with Crippen LogP contribution in [0.5, 0.6) is 0 Å². The topological polar surface area (TPSA) is 49.4 Å². The number of rotatable bonds is 6. The third-order valence-electron chi connectivity index (χ3n) is 3.20. The van der Waals surface area contributed by atoms with Crippen LogP contribution >= 0.6 is 0 Å². The van der Waals surface area contributed by atoms with E-state index < -0.39 is 0 Å². The standard InChI is InChI=1S/C13H24N2O2/c1-3-14-11(2)7-6-10-15-12(16)8-4-5-9-13(15)17/h11,14H,3-10H2,1-2H3. The maximum atomic E-state index is 11.7. The van der Waals surface area contributed by atoms with Crippen LogP contribution in [0.25, 0.3) is 0 Å². The van der Waals surface area contributed by atoms with Crippen LogP contribution in [0.3, 0.4) is 0 Å². The molecule has 1 N–H and O–H groups in total. The van der Waals surface area contributed by atoms with Crippen molar-refractivity contribution in [1.29, 1.82) is 0 Å². The van der Waals surface area contributed by atoms with Gasteiger partial charge in [0.1, 0.15) is 0 Å². The highest BCUT2D eigenvalue weighted by Gasteiger charge is 2.23. The minimum Gasteiger partial charge on any atom is -0.315 e. The summed E-state index contributed by atoms with van der Waals surface area (Å²) < 4.78 is 0. The van der Waals surface area contributed by atoms with Gasteiger partial charge in [0.25, 0.3) is 0 Å². The molecule has 0 aliphatic carbocycles. The second-order valence-corrected chi connectivity index (χ2v) is 4.75. The lowest BCUT2D eigenvalue weighted by Crippen LogP contribution is -2.36. The molecule has 1 aliphatic rings. The smallest absolute Gasteiger partial charge is 0.229 e. The molecule has 98 valence electrons. The third kappa shape index (κ3) is 4.86. The summed E-state index contributed by atoms with van der Waals surface area (Å²) in [5, 5.41) is 3.33. The first-order valence-corrected chi connectivity index (χ1v) is 6.71. The molecule has 4 nitrogen and oxygen atoms in total. The van der Waals surface area contributed by atoms with Gasteiger partial charge >= 0.3 is 0 Å². The minimum absolute atomic E-state index is 0.0172. The van der Waals surface area contributed by atoms with E-state index in [1.165, 1.54) is 4.90 Å². The molecule has 0 radical (unpaired) electrons. The van der Waals surface area contributed by atoms with Gasteiger partial charge in [-0.3, -0.25) is 14.5 Å². The first-order valence-electron chi connectivity index (χ1n) is 6.71. The largest absolute Gasteiger partial charge is 0.315 e. The summed E-state index contributed by atoms with van der Waals surface area (Å²) in [6.45, 7) is 5.77. The Morgan fingerprint density at radius 2 is 1.82 bits per heavy atom. The quantitative estimate of drug-likeness (QED) is 0.719. The number of likely N-dealkylation sites (tertiary alicyclic amines) is 1. The number of carbonyl (C=O) groups excluding carboxylic acids is 2. The van der Waals surface area contributed by atoms with E-state index in [1.54, 1.807) is 0 Å². The van der Waals surface area contributed by atoms with Gasteiger partial charge in [0.2, 0.25) is 11.8 Å². The van der Waals surface area contributed by atoms with E-state index in [-0.39, 0.29) is 11.8 Å². The summed E-state index contributed by atoms with van der Waals surface area (Å²) in [5.41, 5.74) is 0. The maximum Gasteiger partial charge on any atom is 0.229 e. The highest BCUT2D eigenvalue weighted by Crippen LogP contribution is 2.13. The van der Waals surface area contributed by atoms with Crippen LogP contribution in [0, 0.1) is 0 Å². The van der Waals surface area contributed by atoms with E-state index in [9.17, 15) is 9.59 Å². The minimum atomic E-state index is 0.0172. The SMILES string of the molecule is CCNC(C)CCCN1C(=O)CCCCC1=O. The van der Waals surface area contributed by atoms with Crippen LogP contribution < -0.4 is 5.32 Å². The van der Waals surface area contributed by atoms with Gasteiger partial charge in [-0.15, -0.1) is 0 Å². The van der Waals surface area contributed by atoms with Crippen molar-refractivity contribution in [2.75, 3.05) is 13.1 Å². The Bertz CT molecular complexity index is 248. The number of imide groups is 1. The highest BCUT2D eigenvalue weighted by molar-refractivity contribution is 5.95. The molecule has 1 atom stereocenters. The molecule has 4 heteroatoms. The first-order chi connectivity index (χ1) is 8.15. The van der Waals surface area contributed by atoms with Gasteiger partial charge in [0.15, 0.2) is 0 Å². The van der Waals surface area contributed by atoms with Crippen molar-refractivity contribution in [3.8, 4) is 0 Å². The Morgan fingerprint density at radius 1 is 1.24 bits per heavy atom. The van der Waals surface area contributed by atoms with Crippen LogP contribution in [0.2, 0.25) is 0 Å². The third-order valence-corrected chi connectivity index (χ3v) is 3.20. The number of nitrogens with one attached hydrogen (secondary N) is 1. The average Bonchev–Trinajstić information content (AvgIpc) is 2.43. The number of amides is 2. The van der Waals surface area contributed by atoms with Gasteiger partial charge < -0.3 is 5.32 Å². The number of carbonyl (C=O) groups is 2. The van der Waals surface area contributed by atoms with Crippen LogP contribution in [0.4, 0.5) is 0 Å². The van der Waals surface area contributed by atoms with Gasteiger partial charge in [-0.2, -0.15) is 0 Å². The normalized spacial score (nSPS) is 19.3. The van der Waals surface area contributed by atoms with Crippen molar-refractivity contribution >= 4 is 11.8 Å². The fourth-order valence-corrected chi connectivity index (χ4v) is 2.22. The van der Waals surface area contributed by atoms with Gasteiger partial charge in [0, 0.05) is 25.4 Å². The molecule has 0 saturated carbocycles. The molecule has 0 spiro atoms. The molecule has 1 heterocycles. The number of hydrogen-bond donors (Lipinski definition) is 1. The Morgan fingerprint density at radius 3 is 2.35 bits per heavy atom. The molecule has 2 amide bonds. The maximum absolute atomic E-state index is 11.7. The molecule has 1 fully saturated rings. The Kier molecular flexibility index (Phi) is 6.19. The number of hydrogen-bond acceptors (Lipinski definition) is 3. The molecule has 1 saturated heterocycles. The molecule has 0 aromatic rings. The summed E-state index contributed by atoms with van der Waals surface area (Å²) in [7, 11) is 0. The van der Waals surface area contributed by atoms with Crippen molar-refractivity contribution in [1.82, 2.24) is 10.2 Å². The van der Waals surface area contributed by atoms with Crippen molar-refractivity contribution in [2.24, 2.45) is 0 Å². The van der Waals surface area contributed by atoms with Crippen LogP contribution in [0.15, 0.2) is 0 Å². The summed E-state index contributed by atoms with van der Waals surface area (Å²) >= 11 is 0. The van der Waals surface area contributed by atoms with E-state index in [4.69, 9.17) is 0 Å². The lowest BCUT2D eigenvalue weighted by atomic mass is 10.1. The molecule has 0 aromatic carbocycles. The van der Waals surface area contributed by atoms with Crippen molar-refractivity contribution in [2.45, 2.75) is 58.4 Å². The van der Waals surface area contributed by atoms with Crippen molar-refractivity contribution in [3.63, 3.8) is 0 Å².